The Balaban J connectivity index is 1.51. The highest BCUT2D eigenvalue weighted by atomic mass is 19.1. The van der Waals surface area contributed by atoms with Crippen molar-refractivity contribution in [2.45, 2.75) is 83.0 Å². The smallest absolute Gasteiger partial charge is 0.226 e. The molecule has 0 saturated heterocycles. The van der Waals surface area contributed by atoms with E-state index in [-0.39, 0.29) is 22.6 Å². The average molecular weight is 402 g/mol. The molecule has 0 unspecified atom stereocenters. The molecule has 1 aliphatic carbocycles. The van der Waals surface area contributed by atoms with E-state index in [2.05, 4.69) is 15.5 Å². The van der Waals surface area contributed by atoms with Crippen LogP contribution in [0.2, 0.25) is 0 Å². The molecule has 1 aromatic carbocycles. The lowest BCUT2D eigenvalue weighted by atomic mass is 9.69. The van der Waals surface area contributed by atoms with Crippen LogP contribution in [-0.2, 0) is 22.0 Å². The summed E-state index contributed by atoms with van der Waals surface area (Å²) in [6.45, 7) is 6.72. The van der Waals surface area contributed by atoms with Crippen LogP contribution in [0.15, 0.2) is 28.8 Å². The van der Waals surface area contributed by atoms with E-state index in [9.17, 15) is 9.18 Å². The highest BCUT2D eigenvalue weighted by molar-refractivity contribution is 5.76. The Morgan fingerprint density at radius 3 is 2.48 bits per heavy atom. The number of nitrogens with zero attached hydrogens (tertiary/aromatic N) is 2. The van der Waals surface area contributed by atoms with Crippen LogP contribution in [0.25, 0.3) is 0 Å². The number of aromatic nitrogens is 2. The predicted octanol–water partition coefficient (Wildman–Crippen LogP) is 4.85. The largest absolute Gasteiger partial charge is 0.355 e. The standard InChI is InChI=1S/C23H32FN3O2/c1-22(2,3)21-26-20(29-27-21)9-7-8-19(28)25-16-23(14-5-4-6-15-23)17-10-12-18(24)13-11-17/h10-13H,4-9,14-16H2,1-3H3,(H,25,28). The van der Waals surface area contributed by atoms with Gasteiger partial charge in [-0.15, -0.1) is 0 Å². The Kier molecular flexibility index (Phi) is 6.70. The molecular formula is C23H32FN3O2. The highest BCUT2D eigenvalue weighted by Gasteiger charge is 2.34. The van der Waals surface area contributed by atoms with Gasteiger partial charge in [-0.1, -0.05) is 57.3 Å². The molecule has 6 heteroatoms. The van der Waals surface area contributed by atoms with Gasteiger partial charge in [0.05, 0.1) is 0 Å². The molecule has 0 atom stereocenters. The van der Waals surface area contributed by atoms with Gasteiger partial charge in [0.2, 0.25) is 11.8 Å². The summed E-state index contributed by atoms with van der Waals surface area (Å²) in [6, 6.07) is 6.78. The van der Waals surface area contributed by atoms with E-state index in [4.69, 9.17) is 4.52 Å². The molecule has 1 N–H and O–H groups in total. The Morgan fingerprint density at radius 2 is 1.86 bits per heavy atom. The minimum Gasteiger partial charge on any atom is -0.355 e. The second kappa shape index (κ2) is 9.06. The number of hydrogen-bond acceptors (Lipinski definition) is 4. The van der Waals surface area contributed by atoms with Crippen molar-refractivity contribution in [1.82, 2.24) is 15.5 Å². The van der Waals surface area contributed by atoms with Gasteiger partial charge in [-0.3, -0.25) is 4.79 Å². The molecule has 1 aliphatic rings. The molecular weight excluding hydrogens is 369 g/mol. The third-order valence-corrected chi connectivity index (χ3v) is 5.82. The van der Waals surface area contributed by atoms with Gasteiger partial charge in [0.25, 0.3) is 0 Å². The third-order valence-electron chi connectivity index (χ3n) is 5.82. The minimum atomic E-state index is -0.223. The fourth-order valence-corrected chi connectivity index (χ4v) is 4.02. The van der Waals surface area contributed by atoms with Gasteiger partial charge < -0.3 is 9.84 Å². The SMILES string of the molecule is CC(C)(C)c1noc(CCCC(=O)NCC2(c3ccc(F)cc3)CCCCC2)n1. The second-order valence-corrected chi connectivity index (χ2v) is 9.24. The first-order valence-corrected chi connectivity index (χ1v) is 10.6. The molecule has 1 amide bonds. The number of carbonyl (C=O) groups excluding carboxylic acids is 1. The van der Waals surface area contributed by atoms with Crippen molar-refractivity contribution >= 4 is 5.91 Å². The van der Waals surface area contributed by atoms with Crippen molar-refractivity contribution < 1.29 is 13.7 Å². The summed E-state index contributed by atoms with van der Waals surface area (Å²) >= 11 is 0. The van der Waals surface area contributed by atoms with Gasteiger partial charge in [0.15, 0.2) is 5.82 Å². The quantitative estimate of drug-likeness (QED) is 0.720. The van der Waals surface area contributed by atoms with Crippen LogP contribution in [-0.4, -0.2) is 22.6 Å². The van der Waals surface area contributed by atoms with E-state index < -0.39 is 0 Å². The summed E-state index contributed by atoms with van der Waals surface area (Å²) in [6.07, 6.45) is 7.24. The van der Waals surface area contributed by atoms with Crippen LogP contribution in [0.1, 0.15) is 83.0 Å². The predicted molar refractivity (Wildman–Crippen MR) is 110 cm³/mol. The van der Waals surface area contributed by atoms with Crippen molar-refractivity contribution in [3.05, 3.63) is 47.4 Å². The zero-order valence-electron chi connectivity index (χ0n) is 17.8. The van der Waals surface area contributed by atoms with Crippen molar-refractivity contribution in [2.24, 2.45) is 0 Å². The summed E-state index contributed by atoms with van der Waals surface area (Å²) in [5, 5.41) is 7.14. The monoisotopic (exact) mass is 401 g/mol. The maximum atomic E-state index is 13.4. The summed E-state index contributed by atoms with van der Waals surface area (Å²) in [5.74, 6) is 1.08. The number of nitrogens with one attached hydrogen (secondary N) is 1. The number of carbonyl (C=O) groups is 1. The van der Waals surface area contributed by atoms with Crippen LogP contribution >= 0.6 is 0 Å². The van der Waals surface area contributed by atoms with Crippen LogP contribution < -0.4 is 5.32 Å². The second-order valence-electron chi connectivity index (χ2n) is 9.24. The van der Waals surface area contributed by atoms with Gasteiger partial charge >= 0.3 is 0 Å². The molecule has 0 bridgehead atoms. The van der Waals surface area contributed by atoms with E-state index in [1.165, 1.54) is 18.6 Å². The summed E-state index contributed by atoms with van der Waals surface area (Å²) < 4.78 is 18.6. The van der Waals surface area contributed by atoms with Crippen molar-refractivity contribution in [3.8, 4) is 0 Å². The topological polar surface area (TPSA) is 68.0 Å². The van der Waals surface area contributed by atoms with Crippen LogP contribution in [0.3, 0.4) is 0 Å². The van der Waals surface area contributed by atoms with E-state index in [1.54, 1.807) is 0 Å². The van der Waals surface area contributed by atoms with Gasteiger partial charge in [-0.2, -0.15) is 4.98 Å². The first kappa shape index (κ1) is 21.5. The lowest BCUT2D eigenvalue weighted by molar-refractivity contribution is -0.121. The lowest BCUT2D eigenvalue weighted by Gasteiger charge is -2.38. The van der Waals surface area contributed by atoms with Crippen LogP contribution in [0, 0.1) is 5.82 Å². The highest BCUT2D eigenvalue weighted by Crippen LogP contribution is 2.39. The van der Waals surface area contributed by atoms with E-state index >= 15 is 0 Å². The van der Waals surface area contributed by atoms with Crippen molar-refractivity contribution in [1.29, 1.82) is 0 Å². The molecule has 1 saturated carbocycles. The van der Waals surface area contributed by atoms with Gasteiger partial charge in [-0.25, -0.2) is 4.39 Å². The average Bonchev–Trinajstić information content (AvgIpc) is 3.17. The zero-order valence-corrected chi connectivity index (χ0v) is 17.8. The van der Waals surface area contributed by atoms with Crippen LogP contribution in [0.4, 0.5) is 4.39 Å². The molecule has 0 aliphatic heterocycles. The molecule has 0 spiro atoms. The van der Waals surface area contributed by atoms with E-state index in [0.717, 1.165) is 31.2 Å². The Hall–Kier alpha value is -2.24. The molecule has 5 nitrogen and oxygen atoms in total. The Bertz CT molecular complexity index is 802. The van der Waals surface area contributed by atoms with Gasteiger partial charge in [0.1, 0.15) is 5.82 Å². The maximum Gasteiger partial charge on any atom is 0.226 e. The summed E-state index contributed by atoms with van der Waals surface area (Å²) in [4.78, 5) is 16.8. The number of halogens is 1. The third kappa shape index (κ3) is 5.64. The maximum absolute atomic E-state index is 13.4. The molecule has 1 fully saturated rings. The normalized spacial score (nSPS) is 16.6. The Labute approximate surface area is 172 Å². The molecule has 2 aromatic rings. The molecule has 158 valence electrons. The number of hydrogen-bond donors (Lipinski definition) is 1. The number of rotatable bonds is 7. The number of aryl methyl sites for hydroxylation is 1. The molecule has 1 heterocycles. The van der Waals surface area contributed by atoms with Gasteiger partial charge in [-0.05, 0) is 37.0 Å². The fourth-order valence-electron chi connectivity index (χ4n) is 4.02. The lowest BCUT2D eigenvalue weighted by Crippen LogP contribution is -2.42. The number of benzene rings is 1. The first-order valence-electron chi connectivity index (χ1n) is 10.6. The molecule has 1 aromatic heterocycles. The first-order chi connectivity index (χ1) is 13.8. The minimum absolute atomic E-state index is 0.0348. The molecule has 3 rings (SSSR count). The Morgan fingerprint density at radius 1 is 1.17 bits per heavy atom. The van der Waals surface area contributed by atoms with Crippen LogP contribution in [0.5, 0.6) is 0 Å². The molecule has 0 radical (unpaired) electrons. The number of amides is 1. The van der Waals surface area contributed by atoms with Crippen molar-refractivity contribution in [2.75, 3.05) is 6.54 Å². The summed E-state index contributed by atoms with van der Waals surface area (Å²) in [7, 11) is 0. The molecule has 29 heavy (non-hydrogen) atoms. The van der Waals surface area contributed by atoms with Crippen molar-refractivity contribution in [3.63, 3.8) is 0 Å². The zero-order chi connectivity index (χ0) is 20.9. The summed E-state index contributed by atoms with van der Waals surface area (Å²) in [5.41, 5.74) is 0.892. The van der Waals surface area contributed by atoms with Gasteiger partial charge in [0, 0.05) is 30.2 Å². The van der Waals surface area contributed by atoms with E-state index in [1.807, 2.05) is 32.9 Å². The van der Waals surface area contributed by atoms with E-state index in [0.29, 0.717) is 37.5 Å². The fraction of sp³-hybridized carbons (Fsp3) is 0.609.